The van der Waals surface area contributed by atoms with Gasteiger partial charge in [0, 0.05) is 19.0 Å². The maximum Gasteiger partial charge on any atom is 0.228 e. The first-order valence-electron chi connectivity index (χ1n) is 7.71. The van der Waals surface area contributed by atoms with E-state index in [9.17, 15) is 9.90 Å². The van der Waals surface area contributed by atoms with E-state index >= 15 is 0 Å². The molecule has 0 aromatic carbocycles. The summed E-state index contributed by atoms with van der Waals surface area (Å²) < 4.78 is 5.51. The largest absolute Gasteiger partial charge is 0.389 e. The Kier molecular flexibility index (Phi) is 3.56. The summed E-state index contributed by atoms with van der Waals surface area (Å²) in [5.74, 6) is 0.584. The van der Waals surface area contributed by atoms with Gasteiger partial charge in [0.05, 0.1) is 24.2 Å². The number of aliphatic hydroxyl groups is 1. The fourth-order valence-electron chi connectivity index (χ4n) is 4.02. The molecule has 0 aromatic heterocycles. The zero-order valence-electron chi connectivity index (χ0n) is 11.8. The molecular formula is C15H25NO3. The summed E-state index contributed by atoms with van der Waals surface area (Å²) in [6.07, 6.45) is 6.14. The fourth-order valence-corrected chi connectivity index (χ4v) is 4.02. The van der Waals surface area contributed by atoms with Gasteiger partial charge in [-0.25, -0.2) is 0 Å². The highest BCUT2D eigenvalue weighted by atomic mass is 16.5. The average molecular weight is 267 g/mol. The van der Waals surface area contributed by atoms with Crippen molar-refractivity contribution in [3.05, 3.63) is 0 Å². The molecule has 4 heteroatoms. The molecular weight excluding hydrogens is 242 g/mol. The third kappa shape index (κ3) is 2.52. The maximum absolute atomic E-state index is 12.5. The van der Waals surface area contributed by atoms with Gasteiger partial charge in [0.1, 0.15) is 0 Å². The van der Waals surface area contributed by atoms with Crippen molar-refractivity contribution in [2.75, 3.05) is 19.7 Å². The van der Waals surface area contributed by atoms with E-state index in [-0.39, 0.29) is 17.9 Å². The smallest absolute Gasteiger partial charge is 0.228 e. The Morgan fingerprint density at radius 3 is 2.95 bits per heavy atom. The van der Waals surface area contributed by atoms with E-state index < -0.39 is 5.60 Å². The van der Waals surface area contributed by atoms with E-state index in [2.05, 4.69) is 0 Å². The molecule has 3 aliphatic rings. The van der Waals surface area contributed by atoms with Gasteiger partial charge < -0.3 is 14.7 Å². The summed E-state index contributed by atoms with van der Waals surface area (Å²) in [6.45, 7) is 4.08. The Balaban J connectivity index is 1.62. The molecule has 1 saturated carbocycles. The molecule has 1 amide bonds. The number of piperidine rings is 1. The van der Waals surface area contributed by atoms with Crippen LogP contribution >= 0.6 is 0 Å². The summed E-state index contributed by atoms with van der Waals surface area (Å²) in [7, 11) is 0. The van der Waals surface area contributed by atoms with Crippen molar-refractivity contribution in [3.8, 4) is 0 Å². The molecule has 3 fully saturated rings. The third-order valence-electron chi connectivity index (χ3n) is 5.29. The number of hydrogen-bond acceptors (Lipinski definition) is 3. The third-order valence-corrected chi connectivity index (χ3v) is 5.29. The number of ether oxygens (including phenoxy) is 1. The minimum atomic E-state index is -0.492. The van der Waals surface area contributed by atoms with E-state index in [1.165, 1.54) is 6.42 Å². The van der Waals surface area contributed by atoms with E-state index in [4.69, 9.17) is 4.74 Å². The fraction of sp³-hybridized carbons (Fsp3) is 0.933. The summed E-state index contributed by atoms with van der Waals surface area (Å²) in [6, 6.07) is 0. The second-order valence-electron chi connectivity index (χ2n) is 6.66. The number of hydrogen-bond donors (Lipinski definition) is 1. The zero-order chi connectivity index (χ0) is 13.5. The first-order chi connectivity index (χ1) is 9.08. The standard InChI is InChI=1S/C15H25NO3/c1-11-8-12(10-19-11)14(17)16-7-6-15(18)5-3-2-4-13(15)9-16/h11-13,18H,2-10H2,1H3. The molecule has 1 N–H and O–H groups in total. The molecule has 1 aliphatic carbocycles. The number of nitrogens with zero attached hydrogens (tertiary/aromatic N) is 1. The number of amides is 1. The second-order valence-corrected chi connectivity index (χ2v) is 6.66. The van der Waals surface area contributed by atoms with Gasteiger partial charge in [-0.2, -0.15) is 0 Å². The van der Waals surface area contributed by atoms with Crippen molar-refractivity contribution in [2.45, 2.75) is 57.2 Å². The Hall–Kier alpha value is -0.610. The Morgan fingerprint density at radius 1 is 1.37 bits per heavy atom. The van der Waals surface area contributed by atoms with Gasteiger partial charge in [-0.3, -0.25) is 4.79 Å². The van der Waals surface area contributed by atoms with Crippen molar-refractivity contribution in [2.24, 2.45) is 11.8 Å². The van der Waals surface area contributed by atoms with Crippen molar-refractivity contribution in [1.29, 1.82) is 0 Å². The van der Waals surface area contributed by atoms with Crippen molar-refractivity contribution < 1.29 is 14.6 Å². The van der Waals surface area contributed by atoms with Gasteiger partial charge in [-0.1, -0.05) is 12.8 Å². The number of likely N-dealkylation sites (tertiary alicyclic amines) is 1. The van der Waals surface area contributed by atoms with Crippen LogP contribution in [0.1, 0.15) is 45.4 Å². The maximum atomic E-state index is 12.5. The lowest BCUT2D eigenvalue weighted by Crippen LogP contribution is -2.55. The van der Waals surface area contributed by atoms with Gasteiger partial charge in [0.25, 0.3) is 0 Å². The molecule has 2 aliphatic heterocycles. The predicted molar refractivity (Wildman–Crippen MR) is 71.6 cm³/mol. The van der Waals surface area contributed by atoms with Crippen LogP contribution < -0.4 is 0 Å². The van der Waals surface area contributed by atoms with E-state index in [1.54, 1.807) is 0 Å². The van der Waals surface area contributed by atoms with Crippen LogP contribution in [0.3, 0.4) is 0 Å². The second kappa shape index (κ2) is 5.06. The van der Waals surface area contributed by atoms with Gasteiger partial charge in [-0.15, -0.1) is 0 Å². The molecule has 108 valence electrons. The van der Waals surface area contributed by atoms with Crippen LogP contribution in [0.4, 0.5) is 0 Å². The summed E-state index contributed by atoms with van der Waals surface area (Å²) >= 11 is 0. The summed E-state index contributed by atoms with van der Waals surface area (Å²) in [4.78, 5) is 14.5. The van der Waals surface area contributed by atoms with Crippen LogP contribution in [0.25, 0.3) is 0 Å². The number of carbonyl (C=O) groups excluding carboxylic acids is 1. The zero-order valence-corrected chi connectivity index (χ0v) is 11.8. The van der Waals surface area contributed by atoms with Crippen molar-refractivity contribution in [1.82, 2.24) is 4.90 Å². The lowest BCUT2D eigenvalue weighted by molar-refractivity contribution is -0.147. The molecule has 2 saturated heterocycles. The first kappa shape index (κ1) is 13.4. The van der Waals surface area contributed by atoms with Crippen LogP contribution in [0.2, 0.25) is 0 Å². The van der Waals surface area contributed by atoms with Crippen LogP contribution in [-0.4, -0.2) is 47.3 Å². The van der Waals surface area contributed by atoms with Crippen LogP contribution in [-0.2, 0) is 9.53 Å². The monoisotopic (exact) mass is 267 g/mol. The highest BCUT2D eigenvalue weighted by molar-refractivity contribution is 5.79. The lowest BCUT2D eigenvalue weighted by Gasteiger charge is -2.47. The average Bonchev–Trinajstić information content (AvgIpc) is 2.83. The van der Waals surface area contributed by atoms with Gasteiger partial charge in [-0.05, 0) is 32.6 Å². The van der Waals surface area contributed by atoms with Gasteiger partial charge >= 0.3 is 0 Å². The summed E-state index contributed by atoms with van der Waals surface area (Å²) in [5.41, 5.74) is -0.492. The molecule has 0 spiro atoms. The molecule has 4 nitrogen and oxygen atoms in total. The van der Waals surface area contributed by atoms with E-state index in [0.717, 1.165) is 45.2 Å². The Bertz CT molecular complexity index is 359. The SMILES string of the molecule is CC1CC(C(=O)N2CCC3(O)CCCCC3C2)CO1. The molecule has 4 unspecified atom stereocenters. The molecule has 0 radical (unpaired) electrons. The molecule has 0 aromatic rings. The molecule has 19 heavy (non-hydrogen) atoms. The van der Waals surface area contributed by atoms with E-state index in [1.807, 2.05) is 11.8 Å². The minimum absolute atomic E-state index is 0.0461. The van der Waals surface area contributed by atoms with Crippen LogP contribution in [0.15, 0.2) is 0 Å². The molecule has 0 bridgehead atoms. The molecule has 2 heterocycles. The first-order valence-corrected chi connectivity index (χ1v) is 7.71. The van der Waals surface area contributed by atoms with E-state index in [0.29, 0.717) is 12.5 Å². The minimum Gasteiger partial charge on any atom is -0.389 e. The predicted octanol–water partition coefficient (Wildman–Crippen LogP) is 1.56. The van der Waals surface area contributed by atoms with Crippen molar-refractivity contribution in [3.63, 3.8) is 0 Å². The van der Waals surface area contributed by atoms with Gasteiger partial charge in [0.2, 0.25) is 5.91 Å². The normalized spacial score (nSPS) is 43.1. The highest BCUT2D eigenvalue weighted by Gasteiger charge is 2.45. The van der Waals surface area contributed by atoms with Gasteiger partial charge in [0.15, 0.2) is 0 Å². The molecule has 4 atom stereocenters. The lowest BCUT2D eigenvalue weighted by atomic mass is 9.71. The molecule has 3 rings (SSSR count). The highest BCUT2D eigenvalue weighted by Crippen LogP contribution is 2.40. The Morgan fingerprint density at radius 2 is 2.21 bits per heavy atom. The van der Waals surface area contributed by atoms with Crippen LogP contribution in [0, 0.1) is 11.8 Å². The number of rotatable bonds is 1. The summed E-state index contributed by atoms with van der Waals surface area (Å²) in [5, 5.41) is 10.6. The number of carbonyl (C=O) groups is 1. The quantitative estimate of drug-likeness (QED) is 0.784. The van der Waals surface area contributed by atoms with Crippen molar-refractivity contribution >= 4 is 5.91 Å². The Labute approximate surface area is 115 Å². The van der Waals surface area contributed by atoms with Crippen LogP contribution in [0.5, 0.6) is 0 Å². The topological polar surface area (TPSA) is 49.8 Å². The number of fused-ring (bicyclic) bond motifs is 1.